The molecule has 1 aliphatic rings. The maximum Gasteiger partial charge on any atom is 0.223 e. The fourth-order valence-corrected chi connectivity index (χ4v) is 2.24. The van der Waals surface area contributed by atoms with E-state index in [1.165, 1.54) is 0 Å². The molecule has 16 heavy (non-hydrogen) atoms. The van der Waals surface area contributed by atoms with E-state index in [0.717, 1.165) is 12.1 Å². The van der Waals surface area contributed by atoms with E-state index >= 15 is 0 Å². The van der Waals surface area contributed by atoms with Crippen LogP contribution in [0.15, 0.2) is 30.3 Å². The van der Waals surface area contributed by atoms with Gasteiger partial charge in [0, 0.05) is 25.4 Å². The topological polar surface area (TPSA) is 40.5 Å². The summed E-state index contributed by atoms with van der Waals surface area (Å²) in [5.41, 5.74) is 0.901. The van der Waals surface area contributed by atoms with Crippen molar-refractivity contribution in [2.45, 2.75) is 19.4 Å². The Morgan fingerprint density at radius 1 is 1.44 bits per heavy atom. The van der Waals surface area contributed by atoms with Crippen molar-refractivity contribution in [1.82, 2.24) is 4.90 Å². The van der Waals surface area contributed by atoms with Crippen LogP contribution in [-0.4, -0.2) is 29.0 Å². The molecular formula is C13H17NO2. The number of nitrogens with zero attached hydrogens (tertiary/aromatic N) is 1. The number of benzene rings is 1. The fourth-order valence-electron chi connectivity index (χ4n) is 2.24. The van der Waals surface area contributed by atoms with E-state index in [4.69, 9.17) is 0 Å². The molecule has 0 radical (unpaired) electrons. The molecule has 0 aromatic heterocycles. The van der Waals surface area contributed by atoms with Gasteiger partial charge in [-0.2, -0.15) is 0 Å². The molecule has 1 fully saturated rings. The van der Waals surface area contributed by atoms with E-state index in [1.807, 2.05) is 37.3 Å². The monoisotopic (exact) mass is 219 g/mol. The van der Waals surface area contributed by atoms with Gasteiger partial charge in [0.2, 0.25) is 5.91 Å². The van der Waals surface area contributed by atoms with Gasteiger partial charge >= 0.3 is 0 Å². The largest absolute Gasteiger partial charge is 0.388 e. The van der Waals surface area contributed by atoms with Crippen LogP contribution in [0.2, 0.25) is 0 Å². The van der Waals surface area contributed by atoms with Gasteiger partial charge in [-0.3, -0.25) is 4.79 Å². The number of amides is 1. The van der Waals surface area contributed by atoms with Crippen molar-refractivity contribution in [2.75, 3.05) is 13.1 Å². The van der Waals surface area contributed by atoms with Crippen LogP contribution in [0.1, 0.15) is 25.0 Å². The SMILES string of the molecule is CCN1CC(C(O)c2ccccc2)CC1=O. The zero-order valence-corrected chi connectivity index (χ0v) is 9.47. The second-order valence-corrected chi connectivity index (χ2v) is 4.25. The number of rotatable bonds is 3. The van der Waals surface area contributed by atoms with E-state index in [-0.39, 0.29) is 11.8 Å². The van der Waals surface area contributed by atoms with Crippen LogP contribution < -0.4 is 0 Å². The highest BCUT2D eigenvalue weighted by Gasteiger charge is 2.33. The van der Waals surface area contributed by atoms with Crippen molar-refractivity contribution in [3.8, 4) is 0 Å². The predicted octanol–water partition coefficient (Wildman–Crippen LogP) is 1.59. The van der Waals surface area contributed by atoms with E-state index in [2.05, 4.69) is 0 Å². The van der Waals surface area contributed by atoms with Crippen molar-refractivity contribution < 1.29 is 9.90 Å². The lowest BCUT2D eigenvalue weighted by Gasteiger charge is -2.18. The minimum absolute atomic E-state index is 0.0369. The molecule has 1 aromatic rings. The van der Waals surface area contributed by atoms with E-state index in [1.54, 1.807) is 4.90 Å². The van der Waals surface area contributed by atoms with Crippen molar-refractivity contribution in [3.63, 3.8) is 0 Å². The van der Waals surface area contributed by atoms with Crippen LogP contribution in [0.3, 0.4) is 0 Å². The standard InChI is InChI=1S/C13H17NO2/c1-2-14-9-11(8-12(14)15)13(16)10-6-4-3-5-7-10/h3-7,11,13,16H,2,8-9H2,1H3. The van der Waals surface area contributed by atoms with Crippen LogP contribution in [-0.2, 0) is 4.79 Å². The summed E-state index contributed by atoms with van der Waals surface area (Å²) in [4.78, 5) is 13.4. The Bertz CT molecular complexity index is 363. The summed E-state index contributed by atoms with van der Waals surface area (Å²) in [5.74, 6) is 0.192. The van der Waals surface area contributed by atoms with Crippen LogP contribution in [0.4, 0.5) is 0 Å². The van der Waals surface area contributed by atoms with Crippen LogP contribution in [0.25, 0.3) is 0 Å². The van der Waals surface area contributed by atoms with Crippen molar-refractivity contribution >= 4 is 5.91 Å². The number of hydrogen-bond donors (Lipinski definition) is 1. The molecule has 0 bridgehead atoms. The summed E-state index contributed by atoms with van der Waals surface area (Å²) < 4.78 is 0. The zero-order chi connectivity index (χ0) is 11.5. The highest BCUT2D eigenvalue weighted by Crippen LogP contribution is 2.30. The van der Waals surface area contributed by atoms with Crippen LogP contribution >= 0.6 is 0 Å². The molecule has 1 N–H and O–H groups in total. The van der Waals surface area contributed by atoms with Gasteiger partial charge in [0.15, 0.2) is 0 Å². The third-order valence-electron chi connectivity index (χ3n) is 3.21. The number of carbonyl (C=O) groups is 1. The molecule has 2 unspecified atom stereocenters. The maximum atomic E-state index is 11.6. The van der Waals surface area contributed by atoms with Crippen LogP contribution in [0.5, 0.6) is 0 Å². The van der Waals surface area contributed by atoms with E-state index in [9.17, 15) is 9.90 Å². The van der Waals surface area contributed by atoms with Crippen molar-refractivity contribution in [2.24, 2.45) is 5.92 Å². The van der Waals surface area contributed by atoms with Gasteiger partial charge < -0.3 is 10.0 Å². The van der Waals surface area contributed by atoms with Gasteiger partial charge in [0.05, 0.1) is 6.10 Å². The molecular weight excluding hydrogens is 202 g/mol. The van der Waals surface area contributed by atoms with Gasteiger partial charge in [-0.25, -0.2) is 0 Å². The smallest absolute Gasteiger partial charge is 0.223 e. The van der Waals surface area contributed by atoms with Gasteiger partial charge in [-0.1, -0.05) is 30.3 Å². The van der Waals surface area contributed by atoms with Crippen molar-refractivity contribution in [3.05, 3.63) is 35.9 Å². The van der Waals surface area contributed by atoms with E-state index < -0.39 is 6.10 Å². The predicted molar refractivity (Wildman–Crippen MR) is 61.8 cm³/mol. The number of hydrogen-bond acceptors (Lipinski definition) is 2. The lowest BCUT2D eigenvalue weighted by molar-refractivity contribution is -0.127. The molecule has 1 saturated heterocycles. The summed E-state index contributed by atoms with van der Waals surface area (Å²) >= 11 is 0. The summed E-state index contributed by atoms with van der Waals surface area (Å²) in [6.45, 7) is 3.37. The second kappa shape index (κ2) is 4.66. The minimum Gasteiger partial charge on any atom is -0.388 e. The summed E-state index contributed by atoms with van der Waals surface area (Å²) in [6, 6.07) is 9.56. The Morgan fingerprint density at radius 3 is 2.69 bits per heavy atom. The molecule has 2 rings (SSSR count). The van der Waals surface area contributed by atoms with Crippen molar-refractivity contribution in [1.29, 1.82) is 0 Å². The number of carbonyl (C=O) groups excluding carboxylic acids is 1. The molecule has 3 nitrogen and oxygen atoms in total. The molecule has 86 valence electrons. The lowest BCUT2D eigenvalue weighted by atomic mass is 9.95. The van der Waals surface area contributed by atoms with Gasteiger partial charge in [0.25, 0.3) is 0 Å². The molecule has 2 atom stereocenters. The highest BCUT2D eigenvalue weighted by atomic mass is 16.3. The van der Waals surface area contributed by atoms with Gasteiger partial charge in [0.1, 0.15) is 0 Å². The third kappa shape index (κ3) is 2.09. The number of aliphatic hydroxyl groups is 1. The zero-order valence-electron chi connectivity index (χ0n) is 9.47. The Kier molecular flexibility index (Phi) is 3.25. The first kappa shape index (κ1) is 11.1. The Hall–Kier alpha value is -1.35. The first-order chi connectivity index (χ1) is 7.72. The lowest BCUT2D eigenvalue weighted by Crippen LogP contribution is -2.25. The molecule has 1 amide bonds. The molecule has 0 spiro atoms. The molecule has 0 aliphatic carbocycles. The summed E-state index contributed by atoms with van der Waals surface area (Å²) in [7, 11) is 0. The maximum absolute atomic E-state index is 11.6. The van der Waals surface area contributed by atoms with Crippen LogP contribution in [0, 0.1) is 5.92 Å². The first-order valence-electron chi connectivity index (χ1n) is 5.73. The van der Waals surface area contributed by atoms with Gasteiger partial charge in [-0.05, 0) is 12.5 Å². The normalized spacial score (nSPS) is 22.5. The third-order valence-corrected chi connectivity index (χ3v) is 3.21. The number of aliphatic hydroxyl groups excluding tert-OH is 1. The Labute approximate surface area is 95.7 Å². The first-order valence-corrected chi connectivity index (χ1v) is 5.73. The average molecular weight is 219 g/mol. The molecule has 1 aliphatic heterocycles. The molecule has 0 saturated carbocycles. The number of likely N-dealkylation sites (tertiary alicyclic amines) is 1. The van der Waals surface area contributed by atoms with E-state index in [0.29, 0.717) is 13.0 Å². The average Bonchev–Trinajstić information content (AvgIpc) is 2.71. The quantitative estimate of drug-likeness (QED) is 0.838. The molecule has 1 heterocycles. The fraction of sp³-hybridized carbons (Fsp3) is 0.462. The Morgan fingerprint density at radius 2 is 2.12 bits per heavy atom. The molecule has 3 heteroatoms. The second-order valence-electron chi connectivity index (χ2n) is 4.25. The summed E-state index contributed by atoms with van der Waals surface area (Å²) in [5, 5.41) is 10.2. The minimum atomic E-state index is -0.526. The summed E-state index contributed by atoms with van der Waals surface area (Å²) in [6.07, 6.45) is -0.0640. The van der Waals surface area contributed by atoms with Gasteiger partial charge in [-0.15, -0.1) is 0 Å². The molecule has 1 aromatic carbocycles. The Balaban J connectivity index is 2.07. The highest BCUT2D eigenvalue weighted by molar-refractivity contribution is 5.78.